The Kier molecular flexibility index (Phi) is 5.01. The minimum atomic E-state index is -3.69. The Hall–Kier alpha value is -2.19. The molecule has 0 spiro atoms. The first-order valence-electron chi connectivity index (χ1n) is 9.76. The molecule has 4 rings (SSSR count). The first kappa shape index (κ1) is 19.1. The predicted octanol–water partition coefficient (Wildman–Crippen LogP) is 1.91. The Morgan fingerprint density at radius 1 is 1.18 bits per heavy atom. The van der Waals surface area contributed by atoms with Crippen LogP contribution in [0.5, 0.6) is 0 Å². The number of aromatic nitrogens is 1. The molecule has 2 aliphatic rings. The predicted molar refractivity (Wildman–Crippen MR) is 107 cm³/mol. The maximum Gasteiger partial charge on any atom is 0.248 e. The van der Waals surface area contributed by atoms with Gasteiger partial charge in [-0.3, -0.25) is 9.59 Å². The minimum absolute atomic E-state index is 0.00132. The maximum absolute atomic E-state index is 12.7. The third-order valence-electron chi connectivity index (χ3n) is 5.90. The first-order valence-corrected chi connectivity index (χ1v) is 11.2. The molecule has 2 fully saturated rings. The second-order valence-electron chi connectivity index (χ2n) is 7.93. The fourth-order valence-corrected chi connectivity index (χ4v) is 5.54. The van der Waals surface area contributed by atoms with Crippen molar-refractivity contribution in [1.82, 2.24) is 14.6 Å². The quantitative estimate of drug-likeness (QED) is 0.796. The van der Waals surface area contributed by atoms with Crippen LogP contribution in [0.25, 0.3) is 10.9 Å². The summed E-state index contributed by atoms with van der Waals surface area (Å²) in [7, 11) is -3.69. The summed E-state index contributed by atoms with van der Waals surface area (Å²) in [4.78, 5) is 28.7. The SMILES string of the molecule is Cc1cc(=O)[nH]c2ccc(S(=O)(=O)NC[C@@H]3CC(=O)N(C4CCCC4)C3)cc12. The number of nitrogens with zero attached hydrogens (tertiary/aromatic N) is 1. The van der Waals surface area contributed by atoms with Crippen LogP contribution in [0, 0.1) is 12.8 Å². The summed E-state index contributed by atoms with van der Waals surface area (Å²) < 4.78 is 28.2. The number of rotatable bonds is 5. The summed E-state index contributed by atoms with van der Waals surface area (Å²) in [5.41, 5.74) is 1.12. The largest absolute Gasteiger partial charge is 0.339 e. The molecule has 2 N–H and O–H groups in total. The number of amides is 1. The summed E-state index contributed by atoms with van der Waals surface area (Å²) in [6.45, 7) is 2.66. The van der Waals surface area contributed by atoms with E-state index in [9.17, 15) is 18.0 Å². The van der Waals surface area contributed by atoms with Gasteiger partial charge in [0.05, 0.1) is 4.90 Å². The van der Waals surface area contributed by atoms with Crippen LogP contribution in [0.1, 0.15) is 37.7 Å². The molecule has 2 heterocycles. The van der Waals surface area contributed by atoms with E-state index in [0.717, 1.165) is 18.4 Å². The number of benzene rings is 1. The lowest BCUT2D eigenvalue weighted by Gasteiger charge is -2.24. The van der Waals surface area contributed by atoms with Gasteiger partial charge in [0.1, 0.15) is 0 Å². The number of H-pyrrole nitrogens is 1. The highest BCUT2D eigenvalue weighted by Gasteiger charge is 2.35. The van der Waals surface area contributed by atoms with Gasteiger partial charge in [0.2, 0.25) is 21.5 Å². The van der Waals surface area contributed by atoms with E-state index in [1.54, 1.807) is 19.1 Å². The van der Waals surface area contributed by atoms with Crippen molar-refractivity contribution in [2.24, 2.45) is 5.92 Å². The van der Waals surface area contributed by atoms with E-state index >= 15 is 0 Å². The number of carbonyl (C=O) groups excluding carboxylic acids is 1. The van der Waals surface area contributed by atoms with Gasteiger partial charge in [0, 0.05) is 42.5 Å². The molecule has 150 valence electrons. The molecule has 1 saturated carbocycles. The number of fused-ring (bicyclic) bond motifs is 1. The smallest absolute Gasteiger partial charge is 0.248 e. The number of pyridine rings is 1. The molecule has 8 heteroatoms. The van der Waals surface area contributed by atoms with Crippen LogP contribution < -0.4 is 10.3 Å². The molecule has 7 nitrogen and oxygen atoms in total. The van der Waals surface area contributed by atoms with Gasteiger partial charge < -0.3 is 9.88 Å². The Morgan fingerprint density at radius 2 is 1.93 bits per heavy atom. The van der Waals surface area contributed by atoms with Gasteiger partial charge in [-0.1, -0.05) is 12.8 Å². The highest BCUT2D eigenvalue weighted by atomic mass is 32.2. The lowest BCUT2D eigenvalue weighted by molar-refractivity contribution is -0.129. The zero-order valence-electron chi connectivity index (χ0n) is 15.9. The van der Waals surface area contributed by atoms with Crippen LogP contribution in [0.15, 0.2) is 34.0 Å². The molecular formula is C20H25N3O4S. The first-order chi connectivity index (χ1) is 13.3. The Labute approximate surface area is 164 Å². The number of likely N-dealkylation sites (tertiary alicyclic amines) is 1. The summed E-state index contributed by atoms with van der Waals surface area (Å²) in [5.74, 6) is 0.141. The Morgan fingerprint density at radius 3 is 2.68 bits per heavy atom. The Bertz CT molecular complexity index is 1070. The average molecular weight is 404 g/mol. The molecule has 1 aliphatic carbocycles. The van der Waals surface area contributed by atoms with E-state index in [1.165, 1.54) is 25.0 Å². The van der Waals surface area contributed by atoms with Gasteiger partial charge in [0.25, 0.3) is 0 Å². The second-order valence-corrected chi connectivity index (χ2v) is 9.70. The van der Waals surface area contributed by atoms with Crippen molar-refractivity contribution < 1.29 is 13.2 Å². The Balaban J connectivity index is 1.47. The number of nitrogens with one attached hydrogen (secondary N) is 2. The van der Waals surface area contributed by atoms with Crippen LogP contribution in [0.4, 0.5) is 0 Å². The van der Waals surface area contributed by atoms with Crippen molar-refractivity contribution in [3.8, 4) is 0 Å². The lowest BCUT2D eigenvalue weighted by atomic mass is 10.1. The number of carbonyl (C=O) groups is 1. The summed E-state index contributed by atoms with van der Waals surface area (Å²) in [5, 5.41) is 0.700. The van der Waals surface area contributed by atoms with E-state index in [0.29, 0.717) is 29.9 Å². The molecule has 1 aromatic heterocycles. The molecule has 28 heavy (non-hydrogen) atoms. The molecule has 1 saturated heterocycles. The highest BCUT2D eigenvalue weighted by Crippen LogP contribution is 2.29. The van der Waals surface area contributed by atoms with Crippen LogP contribution in [-0.4, -0.2) is 43.3 Å². The van der Waals surface area contributed by atoms with Crippen LogP contribution in [-0.2, 0) is 14.8 Å². The van der Waals surface area contributed by atoms with Gasteiger partial charge in [-0.05, 0) is 49.4 Å². The van der Waals surface area contributed by atoms with Crippen LogP contribution >= 0.6 is 0 Å². The molecule has 1 atom stereocenters. The second kappa shape index (κ2) is 7.33. The van der Waals surface area contributed by atoms with Crippen molar-refractivity contribution in [3.63, 3.8) is 0 Å². The topological polar surface area (TPSA) is 99.3 Å². The molecular weight excluding hydrogens is 378 g/mol. The van der Waals surface area contributed by atoms with Crippen molar-refractivity contribution in [2.45, 2.75) is 50.0 Å². The van der Waals surface area contributed by atoms with Crippen molar-refractivity contribution in [1.29, 1.82) is 0 Å². The van der Waals surface area contributed by atoms with E-state index in [-0.39, 0.29) is 28.8 Å². The minimum Gasteiger partial charge on any atom is -0.339 e. The summed E-state index contributed by atoms with van der Waals surface area (Å²) in [6.07, 6.45) is 4.85. The van der Waals surface area contributed by atoms with Gasteiger partial charge in [-0.25, -0.2) is 13.1 Å². The monoisotopic (exact) mass is 403 g/mol. The third kappa shape index (κ3) is 3.71. The average Bonchev–Trinajstić information content (AvgIpc) is 3.29. The molecule has 0 bridgehead atoms. The van der Waals surface area contributed by atoms with E-state index in [4.69, 9.17) is 0 Å². The van der Waals surface area contributed by atoms with Gasteiger partial charge in [0.15, 0.2) is 0 Å². The summed E-state index contributed by atoms with van der Waals surface area (Å²) >= 11 is 0. The molecule has 1 aliphatic heterocycles. The third-order valence-corrected chi connectivity index (χ3v) is 7.32. The van der Waals surface area contributed by atoms with Gasteiger partial charge in [-0.2, -0.15) is 0 Å². The van der Waals surface area contributed by atoms with Crippen molar-refractivity contribution in [3.05, 3.63) is 40.2 Å². The van der Waals surface area contributed by atoms with Crippen LogP contribution in [0.2, 0.25) is 0 Å². The molecule has 2 aromatic rings. The summed E-state index contributed by atoms with van der Waals surface area (Å²) in [6, 6.07) is 6.46. The van der Waals surface area contributed by atoms with Crippen LogP contribution in [0.3, 0.4) is 0 Å². The molecule has 1 aromatic carbocycles. The number of aryl methyl sites for hydroxylation is 1. The van der Waals surface area contributed by atoms with E-state index < -0.39 is 10.0 Å². The van der Waals surface area contributed by atoms with Crippen molar-refractivity contribution in [2.75, 3.05) is 13.1 Å². The lowest BCUT2D eigenvalue weighted by Crippen LogP contribution is -2.36. The van der Waals surface area contributed by atoms with Gasteiger partial charge >= 0.3 is 0 Å². The normalized spacial score (nSPS) is 21.1. The zero-order valence-corrected chi connectivity index (χ0v) is 16.7. The fourth-order valence-electron chi connectivity index (χ4n) is 4.39. The van der Waals surface area contributed by atoms with E-state index in [1.807, 2.05) is 4.90 Å². The fraction of sp³-hybridized carbons (Fsp3) is 0.500. The van der Waals surface area contributed by atoms with Crippen molar-refractivity contribution >= 4 is 26.8 Å². The standard InChI is InChI=1S/C20H25N3O4S/c1-13-8-19(24)22-18-7-6-16(10-17(13)18)28(26,27)21-11-14-9-20(25)23(12-14)15-4-2-3-5-15/h6-8,10,14-15,21H,2-5,9,11-12H2,1H3,(H,22,24)/t14-/m0/s1. The molecule has 0 radical (unpaired) electrons. The zero-order chi connectivity index (χ0) is 19.9. The molecule has 1 amide bonds. The highest BCUT2D eigenvalue weighted by molar-refractivity contribution is 7.89. The number of hydrogen-bond donors (Lipinski definition) is 2. The molecule has 0 unspecified atom stereocenters. The number of hydrogen-bond acceptors (Lipinski definition) is 4. The maximum atomic E-state index is 12.7. The number of sulfonamides is 1. The number of aromatic amines is 1. The van der Waals surface area contributed by atoms with E-state index in [2.05, 4.69) is 9.71 Å². The van der Waals surface area contributed by atoms with Gasteiger partial charge in [-0.15, -0.1) is 0 Å².